The van der Waals surface area contributed by atoms with Crippen LogP contribution >= 0.6 is 0 Å². The van der Waals surface area contributed by atoms with Gasteiger partial charge in [0.1, 0.15) is 5.75 Å². The Kier molecular flexibility index (Phi) is 5.27. The van der Waals surface area contributed by atoms with E-state index in [0.29, 0.717) is 11.4 Å². The molecular weight excluding hydrogens is 350 g/mol. The Bertz CT molecular complexity index is 909. The maximum atomic E-state index is 12.1. The molecule has 0 saturated heterocycles. The van der Waals surface area contributed by atoms with Crippen molar-refractivity contribution in [1.82, 2.24) is 14.7 Å². The van der Waals surface area contributed by atoms with Gasteiger partial charge in [0, 0.05) is 23.0 Å². The molecule has 11 heteroatoms. The number of nitro groups is 1. The van der Waals surface area contributed by atoms with Crippen molar-refractivity contribution < 1.29 is 18.1 Å². The minimum absolute atomic E-state index is 0.0320. The molecule has 2 N–H and O–H groups in total. The Morgan fingerprint density at radius 2 is 1.80 bits per heavy atom. The fraction of sp³-hybridized carbons (Fsp3) is 0.214. The molecule has 0 unspecified atom stereocenters. The predicted octanol–water partition coefficient (Wildman–Crippen LogP) is 1.65. The standard InChI is InChI=1S/C14H15N5O5S/c1-9-7-10(2)16-13(15-9)17-14(20)18-25(23,24)8-11-5-3-4-6-12(11)19(21)22/h3-7H,8H2,1-2H3,(H2,15,16,17,18,20). The molecule has 0 fully saturated rings. The largest absolute Gasteiger partial charge is 0.335 e. The van der Waals surface area contributed by atoms with Crippen LogP contribution in [0.5, 0.6) is 0 Å². The van der Waals surface area contributed by atoms with Crippen molar-refractivity contribution in [2.45, 2.75) is 19.6 Å². The van der Waals surface area contributed by atoms with Crippen LogP contribution in [0.1, 0.15) is 17.0 Å². The van der Waals surface area contributed by atoms with E-state index >= 15 is 0 Å². The van der Waals surface area contributed by atoms with Gasteiger partial charge in [0.05, 0.1) is 4.92 Å². The molecule has 25 heavy (non-hydrogen) atoms. The zero-order valence-electron chi connectivity index (χ0n) is 13.4. The second-order valence-corrected chi connectivity index (χ2v) is 6.90. The summed E-state index contributed by atoms with van der Waals surface area (Å²) in [7, 11) is -4.15. The van der Waals surface area contributed by atoms with Crippen LogP contribution in [-0.4, -0.2) is 29.3 Å². The van der Waals surface area contributed by atoms with E-state index in [1.54, 1.807) is 24.6 Å². The molecule has 0 radical (unpaired) electrons. The predicted molar refractivity (Wildman–Crippen MR) is 89.4 cm³/mol. The zero-order chi connectivity index (χ0) is 18.6. The lowest BCUT2D eigenvalue weighted by Gasteiger charge is -2.09. The first-order valence-electron chi connectivity index (χ1n) is 7.02. The van der Waals surface area contributed by atoms with Crippen molar-refractivity contribution in [3.8, 4) is 0 Å². The van der Waals surface area contributed by atoms with E-state index in [0.717, 1.165) is 0 Å². The first-order valence-corrected chi connectivity index (χ1v) is 8.67. The summed E-state index contributed by atoms with van der Waals surface area (Å²) in [6.45, 7) is 3.39. The van der Waals surface area contributed by atoms with Crippen LogP contribution in [-0.2, 0) is 15.8 Å². The van der Waals surface area contributed by atoms with Gasteiger partial charge in [-0.05, 0) is 19.9 Å². The number of carbonyl (C=O) groups excluding carboxylic acids is 1. The van der Waals surface area contributed by atoms with Crippen molar-refractivity contribution in [2.24, 2.45) is 0 Å². The molecule has 2 amide bonds. The fourth-order valence-electron chi connectivity index (χ4n) is 2.10. The maximum absolute atomic E-state index is 12.1. The molecule has 10 nitrogen and oxygen atoms in total. The molecule has 2 rings (SSSR count). The summed E-state index contributed by atoms with van der Waals surface area (Å²) >= 11 is 0. The molecule has 0 aliphatic heterocycles. The minimum atomic E-state index is -4.15. The fourth-order valence-corrected chi connectivity index (χ4v) is 3.16. The Morgan fingerprint density at radius 1 is 1.20 bits per heavy atom. The number of anilines is 1. The molecule has 0 saturated carbocycles. The highest BCUT2D eigenvalue weighted by Gasteiger charge is 2.22. The van der Waals surface area contributed by atoms with Gasteiger partial charge in [-0.3, -0.25) is 15.4 Å². The summed E-state index contributed by atoms with van der Waals surface area (Å²) in [6.07, 6.45) is 0. The zero-order valence-corrected chi connectivity index (χ0v) is 14.2. The average Bonchev–Trinajstić information content (AvgIpc) is 2.44. The monoisotopic (exact) mass is 365 g/mol. The smallest absolute Gasteiger partial charge is 0.275 e. The van der Waals surface area contributed by atoms with E-state index in [4.69, 9.17) is 0 Å². The number of rotatable bonds is 5. The summed E-state index contributed by atoms with van der Waals surface area (Å²) < 4.78 is 25.9. The van der Waals surface area contributed by atoms with Crippen LogP contribution in [0.4, 0.5) is 16.4 Å². The second-order valence-electron chi connectivity index (χ2n) is 5.18. The van der Waals surface area contributed by atoms with Gasteiger partial charge in [-0.25, -0.2) is 27.9 Å². The number of hydrogen-bond donors (Lipinski definition) is 2. The van der Waals surface area contributed by atoms with Crippen LogP contribution in [0.15, 0.2) is 30.3 Å². The van der Waals surface area contributed by atoms with E-state index in [2.05, 4.69) is 15.3 Å². The first kappa shape index (κ1) is 18.3. The van der Waals surface area contributed by atoms with Crippen molar-refractivity contribution in [2.75, 3.05) is 5.32 Å². The van der Waals surface area contributed by atoms with E-state index in [1.807, 2.05) is 0 Å². The number of sulfonamides is 1. The molecular formula is C14H15N5O5S. The normalized spacial score (nSPS) is 11.0. The Hall–Kier alpha value is -3.08. The van der Waals surface area contributed by atoms with Crippen molar-refractivity contribution in [3.63, 3.8) is 0 Å². The third-order valence-electron chi connectivity index (χ3n) is 2.99. The third-order valence-corrected chi connectivity index (χ3v) is 4.18. The number of amides is 2. The summed E-state index contributed by atoms with van der Waals surface area (Å²) in [5.74, 6) is -0.762. The van der Waals surface area contributed by atoms with Gasteiger partial charge < -0.3 is 0 Å². The van der Waals surface area contributed by atoms with E-state index in [9.17, 15) is 23.3 Å². The Labute approximate surface area is 143 Å². The van der Waals surface area contributed by atoms with Gasteiger partial charge in [0.15, 0.2) is 0 Å². The van der Waals surface area contributed by atoms with Crippen LogP contribution < -0.4 is 10.0 Å². The summed E-state index contributed by atoms with van der Waals surface area (Å²) in [5, 5.41) is 13.1. The Balaban J connectivity index is 2.11. The van der Waals surface area contributed by atoms with Gasteiger partial charge >= 0.3 is 6.03 Å². The SMILES string of the molecule is Cc1cc(C)nc(NC(=O)NS(=O)(=O)Cc2ccccc2[N+](=O)[O-])n1. The molecule has 0 atom stereocenters. The number of urea groups is 1. The van der Waals surface area contributed by atoms with Crippen molar-refractivity contribution in [3.05, 3.63) is 57.4 Å². The number of benzene rings is 1. The second kappa shape index (κ2) is 7.21. The lowest BCUT2D eigenvalue weighted by Crippen LogP contribution is -2.35. The van der Waals surface area contributed by atoms with Gasteiger partial charge in [-0.15, -0.1) is 0 Å². The van der Waals surface area contributed by atoms with Crippen molar-refractivity contribution in [1.29, 1.82) is 0 Å². The molecule has 1 aromatic carbocycles. The maximum Gasteiger partial charge on any atom is 0.335 e. The molecule has 0 bridgehead atoms. The average molecular weight is 365 g/mol. The first-order chi connectivity index (χ1) is 11.7. The summed E-state index contributed by atoms with van der Waals surface area (Å²) in [5.41, 5.74) is 0.831. The number of nitro benzene ring substituents is 1. The van der Waals surface area contributed by atoms with Gasteiger partial charge in [0.25, 0.3) is 5.69 Å². The van der Waals surface area contributed by atoms with Gasteiger partial charge in [-0.1, -0.05) is 18.2 Å². The highest BCUT2D eigenvalue weighted by atomic mass is 32.2. The summed E-state index contributed by atoms with van der Waals surface area (Å²) in [4.78, 5) is 30.0. The number of nitrogens with one attached hydrogen (secondary N) is 2. The van der Waals surface area contributed by atoms with Crippen LogP contribution in [0, 0.1) is 24.0 Å². The van der Waals surface area contributed by atoms with Crippen molar-refractivity contribution >= 4 is 27.7 Å². The highest BCUT2D eigenvalue weighted by Crippen LogP contribution is 2.19. The number of carbonyl (C=O) groups is 1. The van der Waals surface area contributed by atoms with Crippen LogP contribution in [0.2, 0.25) is 0 Å². The number of nitrogens with zero attached hydrogens (tertiary/aromatic N) is 3. The number of para-hydroxylation sites is 1. The van der Waals surface area contributed by atoms with E-state index < -0.39 is 26.7 Å². The van der Waals surface area contributed by atoms with E-state index in [1.165, 1.54) is 24.3 Å². The molecule has 132 valence electrons. The number of hydrogen-bond acceptors (Lipinski definition) is 7. The topological polar surface area (TPSA) is 144 Å². The molecule has 0 aliphatic carbocycles. The van der Waals surface area contributed by atoms with Gasteiger partial charge in [-0.2, -0.15) is 0 Å². The third kappa shape index (κ3) is 5.21. The lowest BCUT2D eigenvalue weighted by molar-refractivity contribution is -0.385. The quantitative estimate of drug-likeness (QED) is 0.605. The summed E-state index contributed by atoms with van der Waals surface area (Å²) in [6, 6.07) is 6.03. The van der Waals surface area contributed by atoms with Crippen LogP contribution in [0.3, 0.4) is 0 Å². The molecule has 1 aromatic heterocycles. The molecule has 0 spiro atoms. The molecule has 2 aromatic rings. The molecule has 0 aliphatic rings. The number of aryl methyl sites for hydroxylation is 2. The highest BCUT2D eigenvalue weighted by molar-refractivity contribution is 7.89. The van der Waals surface area contributed by atoms with E-state index in [-0.39, 0.29) is 17.2 Å². The number of aromatic nitrogens is 2. The van der Waals surface area contributed by atoms with Gasteiger partial charge in [0.2, 0.25) is 16.0 Å². The van der Waals surface area contributed by atoms with Crippen LogP contribution in [0.25, 0.3) is 0 Å². The molecule has 1 heterocycles. The minimum Gasteiger partial charge on any atom is -0.275 e. The Morgan fingerprint density at radius 3 is 2.40 bits per heavy atom. The lowest BCUT2D eigenvalue weighted by atomic mass is 10.2.